The van der Waals surface area contributed by atoms with E-state index in [0.29, 0.717) is 31.9 Å². The number of aromatic nitrogens is 1. The van der Waals surface area contributed by atoms with Crippen LogP contribution in [0, 0.1) is 12.3 Å². The minimum Gasteiger partial charge on any atom is -0.377 e. The number of carbonyl (C=O) groups is 2. The molecule has 1 saturated heterocycles. The van der Waals surface area contributed by atoms with Gasteiger partial charge in [-0.15, -0.1) is 0 Å². The largest absolute Gasteiger partial charge is 0.377 e. The predicted molar refractivity (Wildman–Crippen MR) is 83.3 cm³/mol. The van der Waals surface area contributed by atoms with Crippen molar-refractivity contribution in [2.75, 3.05) is 19.8 Å². The highest BCUT2D eigenvalue weighted by Gasteiger charge is 2.36. The zero-order chi connectivity index (χ0) is 16.1. The van der Waals surface area contributed by atoms with Gasteiger partial charge < -0.3 is 14.6 Å². The van der Waals surface area contributed by atoms with E-state index >= 15 is 0 Å². The molecule has 0 spiro atoms. The standard InChI is InChI=1S/C17H24N2O3/c1-10-9-22-6-5-19(10)16(21)15-11(2)14-12(18-15)7-17(3,4)8-13(14)20/h10,18H,5-9H2,1-4H3. The fourth-order valence-electron chi connectivity index (χ4n) is 3.62. The van der Waals surface area contributed by atoms with Gasteiger partial charge in [0.2, 0.25) is 0 Å². The monoisotopic (exact) mass is 304 g/mol. The van der Waals surface area contributed by atoms with Crippen LogP contribution in [-0.2, 0) is 11.2 Å². The van der Waals surface area contributed by atoms with Gasteiger partial charge in [-0.3, -0.25) is 9.59 Å². The molecule has 2 heterocycles. The van der Waals surface area contributed by atoms with Gasteiger partial charge in [0.25, 0.3) is 5.91 Å². The number of aromatic amines is 1. The first-order valence-electron chi connectivity index (χ1n) is 7.93. The third kappa shape index (κ3) is 2.47. The van der Waals surface area contributed by atoms with Crippen molar-refractivity contribution in [3.63, 3.8) is 0 Å². The molecule has 1 aliphatic heterocycles. The molecule has 0 saturated carbocycles. The number of H-pyrrole nitrogens is 1. The smallest absolute Gasteiger partial charge is 0.270 e. The van der Waals surface area contributed by atoms with Crippen molar-refractivity contribution in [1.29, 1.82) is 0 Å². The van der Waals surface area contributed by atoms with Crippen LogP contribution in [-0.4, -0.2) is 47.4 Å². The van der Waals surface area contributed by atoms with Crippen molar-refractivity contribution in [3.05, 3.63) is 22.5 Å². The number of nitrogens with zero attached hydrogens (tertiary/aromatic N) is 1. The van der Waals surface area contributed by atoms with Crippen molar-refractivity contribution < 1.29 is 14.3 Å². The first-order valence-corrected chi connectivity index (χ1v) is 7.93. The molecule has 5 nitrogen and oxygen atoms in total. The van der Waals surface area contributed by atoms with Crippen LogP contribution in [0.3, 0.4) is 0 Å². The molecule has 1 N–H and O–H groups in total. The maximum absolute atomic E-state index is 12.8. The van der Waals surface area contributed by atoms with Gasteiger partial charge in [0.15, 0.2) is 5.78 Å². The van der Waals surface area contributed by atoms with Crippen molar-refractivity contribution in [2.45, 2.75) is 46.6 Å². The number of carbonyl (C=O) groups excluding carboxylic acids is 2. The highest BCUT2D eigenvalue weighted by molar-refractivity contribution is 6.04. The summed E-state index contributed by atoms with van der Waals surface area (Å²) in [6.45, 7) is 9.79. The molecule has 1 fully saturated rings. The van der Waals surface area contributed by atoms with E-state index in [-0.39, 0.29) is 23.1 Å². The SMILES string of the molecule is Cc1c(C(=O)N2CCOCC2C)[nH]c2c1C(=O)CC(C)(C)C2. The molecular formula is C17H24N2O3. The van der Waals surface area contributed by atoms with E-state index in [1.807, 2.05) is 18.7 Å². The molecule has 5 heteroatoms. The second-order valence-corrected chi connectivity index (χ2v) is 7.34. The lowest BCUT2D eigenvalue weighted by Crippen LogP contribution is -2.47. The number of nitrogens with one attached hydrogen (secondary N) is 1. The fraction of sp³-hybridized carbons (Fsp3) is 0.647. The van der Waals surface area contributed by atoms with Gasteiger partial charge in [0.1, 0.15) is 5.69 Å². The Morgan fingerprint density at radius 3 is 2.77 bits per heavy atom. The summed E-state index contributed by atoms with van der Waals surface area (Å²) in [7, 11) is 0. The Balaban J connectivity index is 1.96. The topological polar surface area (TPSA) is 62.4 Å². The van der Waals surface area contributed by atoms with E-state index in [2.05, 4.69) is 18.8 Å². The number of hydrogen-bond donors (Lipinski definition) is 1. The van der Waals surface area contributed by atoms with Crippen molar-refractivity contribution in [2.24, 2.45) is 5.41 Å². The number of Topliss-reactive ketones (excluding diaryl/α,β-unsaturated/α-hetero) is 1. The Morgan fingerprint density at radius 1 is 1.36 bits per heavy atom. The number of ketones is 1. The number of fused-ring (bicyclic) bond motifs is 1. The van der Waals surface area contributed by atoms with Crippen LogP contribution in [0.5, 0.6) is 0 Å². The van der Waals surface area contributed by atoms with Crippen LogP contribution >= 0.6 is 0 Å². The second-order valence-electron chi connectivity index (χ2n) is 7.34. The first-order chi connectivity index (χ1) is 10.3. The summed E-state index contributed by atoms with van der Waals surface area (Å²) in [6.07, 6.45) is 1.35. The molecule has 22 heavy (non-hydrogen) atoms. The molecule has 120 valence electrons. The summed E-state index contributed by atoms with van der Waals surface area (Å²) >= 11 is 0. The van der Waals surface area contributed by atoms with Crippen molar-refractivity contribution in [1.82, 2.24) is 9.88 Å². The zero-order valence-electron chi connectivity index (χ0n) is 13.8. The Hall–Kier alpha value is -1.62. The number of hydrogen-bond acceptors (Lipinski definition) is 3. The third-order valence-corrected chi connectivity index (χ3v) is 4.74. The van der Waals surface area contributed by atoms with Gasteiger partial charge in [-0.1, -0.05) is 13.8 Å². The average Bonchev–Trinajstić information content (AvgIpc) is 2.74. The highest BCUT2D eigenvalue weighted by atomic mass is 16.5. The summed E-state index contributed by atoms with van der Waals surface area (Å²) in [5.41, 5.74) is 2.99. The normalized spacial score (nSPS) is 24.3. The van der Waals surface area contributed by atoms with Gasteiger partial charge in [0.05, 0.1) is 19.3 Å². The van der Waals surface area contributed by atoms with Crippen LogP contribution < -0.4 is 0 Å². The molecule has 2 aliphatic rings. The molecule has 1 atom stereocenters. The van der Waals surface area contributed by atoms with Crippen LogP contribution in [0.4, 0.5) is 0 Å². The summed E-state index contributed by atoms with van der Waals surface area (Å²) in [5.74, 6) is 0.127. The summed E-state index contributed by atoms with van der Waals surface area (Å²) in [5, 5.41) is 0. The zero-order valence-corrected chi connectivity index (χ0v) is 13.8. The summed E-state index contributed by atoms with van der Waals surface area (Å²) in [4.78, 5) is 30.4. The Labute approximate surface area is 131 Å². The minimum atomic E-state index is -0.0477. The summed E-state index contributed by atoms with van der Waals surface area (Å²) < 4.78 is 5.40. The van der Waals surface area contributed by atoms with Crippen LogP contribution in [0.15, 0.2) is 0 Å². The van der Waals surface area contributed by atoms with Crippen LogP contribution in [0.2, 0.25) is 0 Å². The third-order valence-electron chi connectivity index (χ3n) is 4.74. The molecule has 3 rings (SSSR count). The lowest BCUT2D eigenvalue weighted by molar-refractivity contribution is 0.00325. The van der Waals surface area contributed by atoms with Gasteiger partial charge >= 0.3 is 0 Å². The maximum atomic E-state index is 12.8. The van der Waals surface area contributed by atoms with Crippen molar-refractivity contribution >= 4 is 11.7 Å². The van der Waals surface area contributed by atoms with Gasteiger partial charge in [0, 0.05) is 24.2 Å². The molecule has 1 aromatic heterocycles. The van der Waals surface area contributed by atoms with Crippen LogP contribution in [0.1, 0.15) is 59.3 Å². The first kappa shape index (κ1) is 15.3. The Morgan fingerprint density at radius 2 is 2.09 bits per heavy atom. The van der Waals surface area contributed by atoms with E-state index in [0.717, 1.165) is 23.2 Å². The van der Waals surface area contributed by atoms with Crippen molar-refractivity contribution in [3.8, 4) is 0 Å². The number of morpholine rings is 1. The molecule has 1 aliphatic carbocycles. The average molecular weight is 304 g/mol. The molecule has 1 aromatic rings. The predicted octanol–water partition coefficient (Wildman–Crippen LogP) is 2.34. The van der Waals surface area contributed by atoms with Gasteiger partial charge in [-0.2, -0.15) is 0 Å². The van der Waals surface area contributed by atoms with Gasteiger partial charge in [-0.25, -0.2) is 0 Å². The maximum Gasteiger partial charge on any atom is 0.270 e. The quantitative estimate of drug-likeness (QED) is 0.866. The highest BCUT2D eigenvalue weighted by Crippen LogP contribution is 2.37. The molecule has 0 radical (unpaired) electrons. The Kier molecular flexibility index (Phi) is 3.63. The molecule has 0 bridgehead atoms. The molecule has 0 aromatic carbocycles. The summed E-state index contributed by atoms with van der Waals surface area (Å²) in [6, 6.07) is 0.0631. The fourth-order valence-corrected chi connectivity index (χ4v) is 3.62. The lowest BCUT2D eigenvalue weighted by atomic mass is 9.75. The second kappa shape index (κ2) is 5.23. The molecular weight excluding hydrogens is 280 g/mol. The van der Waals surface area contributed by atoms with E-state index in [1.54, 1.807) is 0 Å². The van der Waals surface area contributed by atoms with E-state index in [4.69, 9.17) is 4.74 Å². The number of rotatable bonds is 1. The molecule has 1 unspecified atom stereocenters. The lowest BCUT2D eigenvalue weighted by Gasteiger charge is -2.33. The molecule has 1 amide bonds. The number of amides is 1. The number of ether oxygens (including phenoxy) is 1. The van der Waals surface area contributed by atoms with Crippen LogP contribution in [0.25, 0.3) is 0 Å². The van der Waals surface area contributed by atoms with E-state index < -0.39 is 0 Å². The van der Waals surface area contributed by atoms with Gasteiger partial charge in [-0.05, 0) is 31.2 Å². The van der Waals surface area contributed by atoms with E-state index in [1.165, 1.54) is 0 Å². The minimum absolute atomic E-state index is 0.0201. The Bertz CT molecular complexity index is 630. The van der Waals surface area contributed by atoms with E-state index in [9.17, 15) is 9.59 Å².